The van der Waals surface area contributed by atoms with Crippen LogP contribution in [-0.2, 0) is 12.0 Å². The molecule has 0 fully saturated rings. The summed E-state index contributed by atoms with van der Waals surface area (Å²) < 4.78 is 12.0. The molecular formula is C25H29NO3. The van der Waals surface area contributed by atoms with Crippen molar-refractivity contribution in [3.8, 4) is 11.5 Å². The highest BCUT2D eigenvalue weighted by molar-refractivity contribution is 6.15. The Morgan fingerprint density at radius 2 is 1.83 bits per heavy atom. The molecule has 2 aromatic rings. The SMILES string of the molecule is CC(C)CN1COc2ccc3c(c2C1)O/C(=C\c1ccc(C(C)(C)C)cc1)C3=O. The van der Waals surface area contributed by atoms with Crippen molar-refractivity contribution in [2.75, 3.05) is 13.3 Å². The first-order valence-electron chi connectivity index (χ1n) is 10.3. The van der Waals surface area contributed by atoms with Crippen LogP contribution in [0.25, 0.3) is 6.08 Å². The number of ketones is 1. The lowest BCUT2D eigenvalue weighted by molar-refractivity contribution is 0.0832. The van der Waals surface area contributed by atoms with Gasteiger partial charge < -0.3 is 9.47 Å². The summed E-state index contributed by atoms with van der Waals surface area (Å²) in [5.41, 5.74) is 3.91. The van der Waals surface area contributed by atoms with Crippen LogP contribution < -0.4 is 9.47 Å². The summed E-state index contributed by atoms with van der Waals surface area (Å²) >= 11 is 0. The maximum absolute atomic E-state index is 12.9. The number of rotatable bonds is 3. The minimum Gasteiger partial charge on any atom is -0.478 e. The van der Waals surface area contributed by atoms with Crippen LogP contribution in [0.1, 0.15) is 61.7 Å². The van der Waals surface area contributed by atoms with E-state index in [1.165, 1.54) is 5.56 Å². The van der Waals surface area contributed by atoms with Gasteiger partial charge in [-0.1, -0.05) is 58.9 Å². The van der Waals surface area contributed by atoms with E-state index in [1.807, 2.05) is 30.3 Å². The van der Waals surface area contributed by atoms with Crippen LogP contribution in [0, 0.1) is 5.92 Å². The number of allylic oxidation sites excluding steroid dienone is 1. The fourth-order valence-electron chi connectivity index (χ4n) is 3.87. The van der Waals surface area contributed by atoms with E-state index in [1.54, 1.807) is 0 Å². The number of Topliss-reactive ketones (excluding diaryl/α,β-unsaturated/α-hetero) is 1. The summed E-state index contributed by atoms with van der Waals surface area (Å²) in [6.45, 7) is 13.2. The highest BCUT2D eigenvalue weighted by Crippen LogP contribution is 2.42. The Morgan fingerprint density at radius 3 is 2.48 bits per heavy atom. The predicted molar refractivity (Wildman–Crippen MR) is 115 cm³/mol. The molecule has 0 aliphatic carbocycles. The number of ether oxygens (including phenoxy) is 2. The maximum atomic E-state index is 12.9. The van der Waals surface area contributed by atoms with Crippen molar-refractivity contribution in [2.24, 2.45) is 5.92 Å². The number of nitrogens with zero attached hydrogens (tertiary/aromatic N) is 1. The van der Waals surface area contributed by atoms with Crippen LogP contribution in [0.4, 0.5) is 0 Å². The molecule has 2 aliphatic rings. The molecule has 29 heavy (non-hydrogen) atoms. The summed E-state index contributed by atoms with van der Waals surface area (Å²) in [6, 6.07) is 12.0. The fourth-order valence-corrected chi connectivity index (χ4v) is 3.87. The monoisotopic (exact) mass is 391 g/mol. The zero-order valence-corrected chi connectivity index (χ0v) is 17.9. The minimum absolute atomic E-state index is 0.0660. The van der Waals surface area contributed by atoms with Crippen molar-refractivity contribution in [1.82, 2.24) is 4.90 Å². The Labute approximate surface area is 173 Å². The Hall–Kier alpha value is -2.59. The molecule has 4 rings (SSSR count). The standard InChI is InChI=1S/C25H29NO3/c1-16(2)13-26-14-20-21(28-15-26)11-10-19-23(27)22(29-24(19)20)12-17-6-8-18(9-7-17)25(3,4)5/h6-12,16H,13-15H2,1-5H3/b22-12-. The first kappa shape index (κ1) is 19.7. The molecule has 2 aliphatic heterocycles. The quantitative estimate of drug-likeness (QED) is 0.656. The van der Waals surface area contributed by atoms with Gasteiger partial charge >= 0.3 is 0 Å². The van der Waals surface area contributed by atoms with Crippen molar-refractivity contribution < 1.29 is 14.3 Å². The van der Waals surface area contributed by atoms with E-state index in [0.717, 1.165) is 30.0 Å². The second-order valence-corrected chi connectivity index (χ2v) is 9.41. The van der Waals surface area contributed by atoms with Crippen molar-refractivity contribution in [3.63, 3.8) is 0 Å². The zero-order chi connectivity index (χ0) is 20.8. The summed E-state index contributed by atoms with van der Waals surface area (Å²) in [5.74, 6) is 2.32. The third-order valence-electron chi connectivity index (χ3n) is 5.38. The van der Waals surface area contributed by atoms with Gasteiger partial charge in [0.15, 0.2) is 5.76 Å². The van der Waals surface area contributed by atoms with Crippen molar-refractivity contribution in [1.29, 1.82) is 0 Å². The van der Waals surface area contributed by atoms with Gasteiger partial charge in [-0.15, -0.1) is 0 Å². The molecule has 152 valence electrons. The predicted octanol–water partition coefficient (Wildman–Crippen LogP) is 5.41. The first-order valence-corrected chi connectivity index (χ1v) is 10.3. The average molecular weight is 392 g/mol. The summed E-state index contributed by atoms with van der Waals surface area (Å²) in [5, 5.41) is 0. The molecule has 2 heterocycles. The normalized spacial score (nSPS) is 17.9. The largest absolute Gasteiger partial charge is 0.478 e. The number of carbonyl (C=O) groups is 1. The number of hydrogen-bond acceptors (Lipinski definition) is 4. The zero-order valence-electron chi connectivity index (χ0n) is 17.9. The van der Waals surface area contributed by atoms with Gasteiger partial charge in [0.25, 0.3) is 0 Å². The average Bonchev–Trinajstić information content (AvgIpc) is 2.97. The van der Waals surface area contributed by atoms with Crippen molar-refractivity contribution in [2.45, 2.75) is 46.6 Å². The van der Waals surface area contributed by atoms with E-state index in [-0.39, 0.29) is 11.2 Å². The molecule has 0 aromatic heterocycles. The second kappa shape index (κ2) is 7.34. The Bertz CT molecular complexity index is 965. The molecule has 0 saturated heterocycles. The smallest absolute Gasteiger partial charge is 0.231 e. The van der Waals surface area contributed by atoms with Gasteiger partial charge in [-0.2, -0.15) is 0 Å². The van der Waals surface area contributed by atoms with Gasteiger partial charge in [-0.25, -0.2) is 0 Å². The molecule has 0 unspecified atom stereocenters. The Morgan fingerprint density at radius 1 is 1.10 bits per heavy atom. The van der Waals surface area contributed by atoms with Gasteiger partial charge in [0, 0.05) is 13.1 Å². The van der Waals surface area contributed by atoms with E-state index in [4.69, 9.17) is 9.47 Å². The lowest BCUT2D eigenvalue weighted by Gasteiger charge is -2.30. The van der Waals surface area contributed by atoms with E-state index in [0.29, 0.717) is 29.7 Å². The van der Waals surface area contributed by atoms with E-state index in [2.05, 4.69) is 51.7 Å². The topological polar surface area (TPSA) is 38.8 Å². The molecular weight excluding hydrogens is 362 g/mol. The molecule has 0 atom stereocenters. The number of carbonyl (C=O) groups excluding carboxylic acids is 1. The van der Waals surface area contributed by atoms with E-state index >= 15 is 0 Å². The third kappa shape index (κ3) is 3.95. The number of benzene rings is 2. The summed E-state index contributed by atoms with van der Waals surface area (Å²) in [6.07, 6.45) is 1.83. The molecule has 0 bridgehead atoms. The highest BCUT2D eigenvalue weighted by Gasteiger charge is 2.33. The second-order valence-electron chi connectivity index (χ2n) is 9.41. The van der Waals surface area contributed by atoms with Crippen LogP contribution in [0.15, 0.2) is 42.2 Å². The lowest BCUT2D eigenvalue weighted by atomic mass is 9.86. The van der Waals surface area contributed by atoms with Crippen LogP contribution in [0.5, 0.6) is 11.5 Å². The first-order chi connectivity index (χ1) is 13.7. The molecule has 4 nitrogen and oxygen atoms in total. The molecule has 0 radical (unpaired) electrons. The fraction of sp³-hybridized carbons (Fsp3) is 0.400. The summed E-state index contributed by atoms with van der Waals surface area (Å²) in [7, 11) is 0. The van der Waals surface area contributed by atoms with Crippen LogP contribution in [-0.4, -0.2) is 24.0 Å². The maximum Gasteiger partial charge on any atom is 0.231 e. The van der Waals surface area contributed by atoms with Crippen LogP contribution >= 0.6 is 0 Å². The van der Waals surface area contributed by atoms with E-state index < -0.39 is 0 Å². The molecule has 4 heteroatoms. The molecule has 0 amide bonds. The van der Waals surface area contributed by atoms with Gasteiger partial charge in [-0.05, 0) is 40.7 Å². The van der Waals surface area contributed by atoms with Gasteiger partial charge in [0.05, 0.1) is 11.1 Å². The summed E-state index contributed by atoms with van der Waals surface area (Å²) in [4.78, 5) is 15.2. The van der Waals surface area contributed by atoms with Crippen LogP contribution in [0.2, 0.25) is 0 Å². The molecule has 0 spiro atoms. The minimum atomic E-state index is -0.0660. The van der Waals surface area contributed by atoms with Crippen molar-refractivity contribution in [3.05, 3.63) is 64.4 Å². The molecule has 0 saturated carbocycles. The third-order valence-corrected chi connectivity index (χ3v) is 5.38. The Kier molecular flexibility index (Phi) is 4.99. The highest BCUT2D eigenvalue weighted by atomic mass is 16.5. The van der Waals surface area contributed by atoms with Gasteiger partial charge in [-0.3, -0.25) is 9.69 Å². The van der Waals surface area contributed by atoms with E-state index in [9.17, 15) is 4.79 Å². The lowest BCUT2D eigenvalue weighted by Crippen LogP contribution is -2.34. The molecule has 0 N–H and O–H groups in total. The van der Waals surface area contributed by atoms with Crippen LogP contribution in [0.3, 0.4) is 0 Å². The number of fused-ring (bicyclic) bond motifs is 3. The molecule has 2 aromatic carbocycles. The van der Waals surface area contributed by atoms with Crippen molar-refractivity contribution >= 4 is 11.9 Å². The van der Waals surface area contributed by atoms with Gasteiger partial charge in [0.2, 0.25) is 5.78 Å². The number of hydrogen-bond donors (Lipinski definition) is 0. The Balaban J connectivity index is 1.61. The van der Waals surface area contributed by atoms with Gasteiger partial charge in [0.1, 0.15) is 18.2 Å².